The van der Waals surface area contributed by atoms with Crippen LogP contribution in [0.5, 0.6) is 0 Å². The minimum Gasteiger partial charge on any atom is -0.359 e. The van der Waals surface area contributed by atoms with Crippen LogP contribution in [0.15, 0.2) is 41.2 Å². The van der Waals surface area contributed by atoms with Gasteiger partial charge < -0.3 is 9.77 Å². The van der Waals surface area contributed by atoms with E-state index in [4.69, 9.17) is 0 Å². The summed E-state index contributed by atoms with van der Waals surface area (Å²) < 4.78 is 70.9. The molecule has 0 aliphatic heterocycles. The predicted molar refractivity (Wildman–Crippen MR) is 93.4 cm³/mol. The molecule has 0 spiro atoms. The molecule has 0 N–H and O–H groups in total. The number of hydrogen-bond donors (Lipinski definition) is 0. The van der Waals surface area contributed by atoms with Crippen molar-refractivity contribution < 1.29 is 65.6 Å². The Balaban J connectivity index is 0.00000272. The van der Waals surface area contributed by atoms with E-state index < -0.39 is 48.5 Å². The van der Waals surface area contributed by atoms with Gasteiger partial charge in [-0.1, -0.05) is 23.4 Å². The van der Waals surface area contributed by atoms with Crippen molar-refractivity contribution in [3.8, 4) is 0 Å². The molecule has 15 heteroatoms. The zero-order valence-corrected chi connectivity index (χ0v) is 18.6. The quantitative estimate of drug-likeness (QED) is 0.159. The maximum atomic E-state index is 13.4. The van der Waals surface area contributed by atoms with Gasteiger partial charge in [0.2, 0.25) is 15.5 Å². The fraction of sp³-hybridized carbons (Fsp3) is 0.188. The second-order valence-electron chi connectivity index (χ2n) is 6.45. The van der Waals surface area contributed by atoms with Crippen molar-refractivity contribution in [3.63, 3.8) is 0 Å². The molecule has 0 saturated carbocycles. The minimum absolute atomic E-state index is 0. The third-order valence-electron chi connectivity index (χ3n) is 4.78. The van der Waals surface area contributed by atoms with Gasteiger partial charge in [-0.25, -0.2) is 8.42 Å². The van der Waals surface area contributed by atoms with E-state index in [-0.39, 0.29) is 46.1 Å². The van der Waals surface area contributed by atoms with E-state index in [2.05, 4.69) is 9.79 Å². The SMILES string of the molecule is Cn1cc(C2c3c(no[n+]3[O-])C([N+](=O)[O-])=C[C-]2S(=O)(=O)C(F)(F)F)c2ccccc21.[Na+]. The van der Waals surface area contributed by atoms with Crippen molar-refractivity contribution in [1.29, 1.82) is 0 Å². The molecule has 0 fully saturated rings. The normalized spacial score (nSPS) is 16.6. The minimum atomic E-state index is -6.06. The zero-order chi connectivity index (χ0) is 22.0. The van der Waals surface area contributed by atoms with Crippen LogP contribution in [-0.4, -0.2) is 28.6 Å². The van der Waals surface area contributed by atoms with Crippen LogP contribution in [0.1, 0.15) is 22.9 Å². The smallest absolute Gasteiger partial charge is 0.359 e. The summed E-state index contributed by atoms with van der Waals surface area (Å²) in [4.78, 5) is 9.91. The summed E-state index contributed by atoms with van der Waals surface area (Å²) in [6.07, 6.45) is 1.63. The fourth-order valence-electron chi connectivity index (χ4n) is 3.51. The van der Waals surface area contributed by atoms with Crippen LogP contribution in [0.25, 0.3) is 16.6 Å². The van der Waals surface area contributed by atoms with E-state index in [0.29, 0.717) is 10.9 Å². The second-order valence-corrected chi connectivity index (χ2v) is 8.39. The molecule has 1 aliphatic carbocycles. The number of rotatable bonds is 3. The van der Waals surface area contributed by atoms with E-state index in [1.54, 1.807) is 25.2 Å². The number of halogens is 3. The van der Waals surface area contributed by atoms with Crippen LogP contribution in [0, 0.1) is 20.6 Å². The maximum Gasteiger partial charge on any atom is 1.00 e. The number of para-hydroxylation sites is 1. The Morgan fingerprint density at radius 3 is 2.58 bits per heavy atom. The topological polar surface area (TPSA) is 135 Å². The average Bonchev–Trinajstić information content (AvgIpc) is 3.21. The summed E-state index contributed by atoms with van der Waals surface area (Å²) in [7, 11) is -4.48. The number of alkyl halides is 3. The third-order valence-corrected chi connectivity index (χ3v) is 6.36. The number of aryl methyl sites for hydroxylation is 1. The Morgan fingerprint density at radius 2 is 1.97 bits per heavy atom. The Kier molecular flexibility index (Phi) is 5.63. The first-order chi connectivity index (χ1) is 13.9. The van der Waals surface area contributed by atoms with Crippen LogP contribution in [0.2, 0.25) is 0 Å². The van der Waals surface area contributed by atoms with Gasteiger partial charge in [-0.2, -0.15) is 13.2 Å². The number of nitro groups is 1. The van der Waals surface area contributed by atoms with Gasteiger partial charge in [0, 0.05) is 35.2 Å². The predicted octanol–water partition coefficient (Wildman–Crippen LogP) is -0.967. The molecule has 0 radical (unpaired) electrons. The van der Waals surface area contributed by atoms with E-state index >= 15 is 0 Å². The van der Waals surface area contributed by atoms with Crippen LogP contribution in [0.4, 0.5) is 13.2 Å². The molecular weight excluding hydrogens is 456 g/mol. The maximum absolute atomic E-state index is 13.4. The van der Waals surface area contributed by atoms with Crippen molar-refractivity contribution in [3.05, 3.63) is 74.1 Å². The van der Waals surface area contributed by atoms with Gasteiger partial charge in [0.15, 0.2) is 11.4 Å². The fourth-order valence-corrected chi connectivity index (χ4v) is 4.59. The number of aromatic nitrogens is 3. The first kappa shape index (κ1) is 23.1. The first-order valence-electron chi connectivity index (χ1n) is 8.13. The van der Waals surface area contributed by atoms with Gasteiger partial charge >= 0.3 is 35.1 Å². The molecule has 2 aromatic heterocycles. The average molecular weight is 466 g/mol. The molecule has 158 valence electrons. The van der Waals surface area contributed by atoms with Gasteiger partial charge in [0.25, 0.3) is 0 Å². The summed E-state index contributed by atoms with van der Waals surface area (Å²) in [5, 5.41) is 25.8. The third kappa shape index (κ3) is 3.39. The second kappa shape index (κ2) is 7.55. The van der Waals surface area contributed by atoms with Crippen molar-refractivity contribution in [2.75, 3.05) is 0 Å². The summed E-state index contributed by atoms with van der Waals surface area (Å²) >= 11 is 0. The van der Waals surface area contributed by atoms with E-state index in [1.807, 2.05) is 0 Å². The molecule has 2 heterocycles. The molecule has 1 atom stereocenters. The van der Waals surface area contributed by atoms with E-state index in [0.717, 1.165) is 0 Å². The van der Waals surface area contributed by atoms with Gasteiger partial charge in [0.05, 0.1) is 0 Å². The molecule has 0 saturated heterocycles. The summed E-state index contributed by atoms with van der Waals surface area (Å²) in [5.41, 5.74) is -7.66. The summed E-state index contributed by atoms with van der Waals surface area (Å²) in [5.74, 6) is -1.83. The Bertz CT molecular complexity index is 1330. The van der Waals surface area contributed by atoms with Gasteiger partial charge in [-0.05, 0) is 21.5 Å². The zero-order valence-electron chi connectivity index (χ0n) is 15.8. The van der Waals surface area contributed by atoms with E-state index in [1.165, 1.54) is 16.8 Å². The standard InChI is InChI=1S/C16H10F3N4O6S.Na/c1-21-7-9(8-4-2-3-5-10(8)21)13-12(30(27,28)16(17,18)19)6-11(22(24)25)14-15(13)23(26)29-20-14;/h2-7,13H,1H3;/q-1;+1. The van der Waals surface area contributed by atoms with Gasteiger partial charge in [-0.3, -0.25) is 14.7 Å². The van der Waals surface area contributed by atoms with Crippen molar-refractivity contribution in [2.45, 2.75) is 11.4 Å². The van der Waals surface area contributed by atoms with Crippen molar-refractivity contribution >= 4 is 26.4 Å². The molecule has 1 unspecified atom stereocenters. The van der Waals surface area contributed by atoms with Crippen molar-refractivity contribution in [1.82, 2.24) is 9.72 Å². The number of nitrogens with zero attached hydrogens (tertiary/aromatic N) is 4. The molecular formula is C16H10F3N4NaO6S. The molecule has 0 bridgehead atoms. The number of benzene rings is 1. The first-order valence-corrected chi connectivity index (χ1v) is 9.61. The summed E-state index contributed by atoms with van der Waals surface area (Å²) in [6, 6.07) is 6.40. The molecule has 1 aromatic carbocycles. The summed E-state index contributed by atoms with van der Waals surface area (Å²) in [6.45, 7) is 0. The van der Waals surface area contributed by atoms with Crippen LogP contribution >= 0.6 is 0 Å². The van der Waals surface area contributed by atoms with Crippen LogP contribution in [-0.2, 0) is 16.9 Å². The largest absolute Gasteiger partial charge is 1.00 e. The molecule has 1 aliphatic rings. The molecule has 4 rings (SSSR count). The Labute approximate surface area is 193 Å². The van der Waals surface area contributed by atoms with E-state index in [9.17, 15) is 36.9 Å². The van der Waals surface area contributed by atoms with Crippen LogP contribution < -0.4 is 34.5 Å². The number of hydrogen-bond acceptors (Lipinski definition) is 7. The number of fused-ring (bicyclic) bond motifs is 2. The monoisotopic (exact) mass is 466 g/mol. The van der Waals surface area contributed by atoms with Crippen molar-refractivity contribution in [2.24, 2.45) is 7.05 Å². The van der Waals surface area contributed by atoms with Gasteiger partial charge in [0.1, 0.15) is 0 Å². The molecule has 0 amide bonds. The Hall–Kier alpha value is -2.55. The molecule has 31 heavy (non-hydrogen) atoms. The molecule has 3 aromatic rings. The van der Waals surface area contributed by atoms with Gasteiger partial charge in [-0.15, -0.1) is 6.08 Å². The Morgan fingerprint density at radius 1 is 1.32 bits per heavy atom. The number of sulfone groups is 1. The molecule has 10 nitrogen and oxygen atoms in total. The van der Waals surface area contributed by atoms with Crippen LogP contribution in [0.3, 0.4) is 0 Å².